The highest BCUT2D eigenvalue weighted by Gasteiger charge is 2.22. The van der Waals surface area contributed by atoms with E-state index in [-0.39, 0.29) is 24.5 Å². The maximum Gasteiger partial charge on any atom is 0.321 e. The van der Waals surface area contributed by atoms with Crippen LogP contribution in [0.15, 0.2) is 18.2 Å². The number of carbonyl (C=O) groups is 2. The molecule has 3 amide bonds. The summed E-state index contributed by atoms with van der Waals surface area (Å²) in [7, 11) is 0. The Morgan fingerprint density at radius 3 is 2.46 bits per heavy atom. The average Bonchev–Trinajstić information content (AvgIpc) is 3.11. The number of hydrogen-bond donors (Lipinski definition) is 2. The molecule has 6 heteroatoms. The topological polar surface area (TPSA) is 64.7 Å². The Balaban J connectivity index is 1.42. The minimum atomic E-state index is -0.351. The van der Waals surface area contributed by atoms with Crippen molar-refractivity contribution in [1.82, 2.24) is 15.5 Å². The van der Waals surface area contributed by atoms with Crippen LogP contribution in [0.5, 0.6) is 0 Å². The third kappa shape index (κ3) is 4.75. The van der Waals surface area contributed by atoms with Crippen molar-refractivity contribution in [1.29, 1.82) is 0 Å². The minimum absolute atomic E-state index is 0.222. The van der Waals surface area contributed by atoms with Crippen LogP contribution in [-0.4, -0.2) is 55.6 Å². The van der Waals surface area contributed by atoms with Gasteiger partial charge in [-0.25, -0.2) is 4.79 Å². The van der Waals surface area contributed by atoms with Crippen molar-refractivity contribution < 1.29 is 9.59 Å². The van der Waals surface area contributed by atoms with Gasteiger partial charge in [0.25, 0.3) is 0 Å². The van der Waals surface area contributed by atoms with Crippen LogP contribution in [-0.2, 0) is 4.79 Å². The maximum atomic E-state index is 12.1. The molecule has 2 aliphatic rings. The highest BCUT2D eigenvalue weighted by molar-refractivity contribution is 5.95. The van der Waals surface area contributed by atoms with Crippen molar-refractivity contribution in [2.24, 2.45) is 0 Å². The van der Waals surface area contributed by atoms with Gasteiger partial charge in [0.1, 0.15) is 0 Å². The van der Waals surface area contributed by atoms with Gasteiger partial charge in [0.15, 0.2) is 0 Å². The number of anilines is 1. The van der Waals surface area contributed by atoms with Gasteiger partial charge in [-0.3, -0.25) is 15.0 Å². The second kappa shape index (κ2) is 8.54. The van der Waals surface area contributed by atoms with E-state index >= 15 is 0 Å². The maximum absolute atomic E-state index is 12.1. The normalized spacial score (nSPS) is 18.8. The molecule has 0 bridgehead atoms. The van der Waals surface area contributed by atoms with Crippen molar-refractivity contribution in [2.75, 3.05) is 37.6 Å². The van der Waals surface area contributed by atoms with Crippen LogP contribution >= 0.6 is 0 Å². The SMILES string of the molecule is Cc1cccc(N2CCN(CC(=O)NC(=O)NC3CCCC3)CC2)c1C. The molecule has 0 atom stereocenters. The van der Waals surface area contributed by atoms with Gasteiger partial charge in [0, 0.05) is 37.9 Å². The molecule has 0 unspecified atom stereocenters. The molecule has 0 spiro atoms. The summed E-state index contributed by atoms with van der Waals surface area (Å²) in [5, 5.41) is 5.36. The smallest absolute Gasteiger partial charge is 0.321 e. The zero-order valence-electron chi connectivity index (χ0n) is 15.9. The third-order valence-corrected chi connectivity index (χ3v) is 5.60. The van der Waals surface area contributed by atoms with E-state index in [4.69, 9.17) is 0 Å². The fourth-order valence-corrected chi connectivity index (χ4v) is 3.89. The van der Waals surface area contributed by atoms with Crippen molar-refractivity contribution >= 4 is 17.6 Å². The summed E-state index contributed by atoms with van der Waals surface area (Å²) in [4.78, 5) is 28.5. The Hall–Kier alpha value is -2.08. The van der Waals surface area contributed by atoms with E-state index in [1.54, 1.807) is 0 Å². The summed E-state index contributed by atoms with van der Waals surface area (Å²) in [5.74, 6) is -0.222. The number of hydrogen-bond acceptors (Lipinski definition) is 4. The van der Waals surface area contributed by atoms with Gasteiger partial charge in [-0.05, 0) is 43.9 Å². The Labute approximate surface area is 155 Å². The number of urea groups is 1. The predicted octanol–water partition coefficient (Wildman–Crippen LogP) is 2.19. The lowest BCUT2D eigenvalue weighted by Crippen LogP contribution is -2.51. The number of imide groups is 1. The first kappa shape index (κ1) is 18.7. The molecule has 142 valence electrons. The summed E-state index contributed by atoms with van der Waals surface area (Å²) in [6, 6.07) is 6.27. The van der Waals surface area contributed by atoms with E-state index in [1.807, 2.05) is 0 Å². The van der Waals surface area contributed by atoms with E-state index in [0.29, 0.717) is 0 Å². The molecular weight excluding hydrogens is 328 g/mol. The molecule has 26 heavy (non-hydrogen) atoms. The van der Waals surface area contributed by atoms with Crippen molar-refractivity contribution in [2.45, 2.75) is 45.6 Å². The Kier molecular flexibility index (Phi) is 6.14. The summed E-state index contributed by atoms with van der Waals surface area (Å²) < 4.78 is 0. The minimum Gasteiger partial charge on any atom is -0.369 e. The molecule has 1 saturated heterocycles. The van der Waals surface area contributed by atoms with E-state index in [2.05, 4.69) is 52.5 Å². The second-order valence-electron chi connectivity index (χ2n) is 7.49. The number of benzene rings is 1. The molecule has 1 aromatic rings. The number of carbonyl (C=O) groups excluding carboxylic acids is 2. The number of nitrogens with zero attached hydrogens (tertiary/aromatic N) is 2. The second-order valence-corrected chi connectivity index (χ2v) is 7.49. The average molecular weight is 358 g/mol. The van der Waals surface area contributed by atoms with Crippen LogP contribution in [0.1, 0.15) is 36.8 Å². The van der Waals surface area contributed by atoms with Crippen molar-refractivity contribution in [3.63, 3.8) is 0 Å². The molecule has 2 fully saturated rings. The van der Waals surface area contributed by atoms with Gasteiger partial charge in [0.05, 0.1) is 6.54 Å². The van der Waals surface area contributed by atoms with Crippen LogP contribution in [0.25, 0.3) is 0 Å². The Morgan fingerprint density at radius 1 is 1.08 bits per heavy atom. The summed E-state index contributed by atoms with van der Waals surface area (Å²) in [5.41, 5.74) is 3.91. The lowest BCUT2D eigenvalue weighted by atomic mass is 10.1. The lowest BCUT2D eigenvalue weighted by molar-refractivity contribution is -0.121. The van der Waals surface area contributed by atoms with Crippen LogP contribution < -0.4 is 15.5 Å². The van der Waals surface area contributed by atoms with Crippen LogP contribution in [0.3, 0.4) is 0 Å². The zero-order chi connectivity index (χ0) is 18.5. The molecule has 0 radical (unpaired) electrons. The van der Waals surface area contributed by atoms with Crippen LogP contribution in [0.4, 0.5) is 10.5 Å². The van der Waals surface area contributed by atoms with Gasteiger partial charge in [-0.15, -0.1) is 0 Å². The standard InChI is InChI=1S/C20H30N4O2/c1-15-6-5-9-18(16(15)2)24-12-10-23(11-13-24)14-19(25)22-20(26)21-17-7-3-4-8-17/h5-6,9,17H,3-4,7-8,10-14H2,1-2H3,(H2,21,22,25,26). The zero-order valence-corrected chi connectivity index (χ0v) is 15.9. The van der Waals surface area contributed by atoms with Gasteiger partial charge in [-0.2, -0.15) is 0 Å². The highest BCUT2D eigenvalue weighted by atomic mass is 16.2. The van der Waals surface area contributed by atoms with Gasteiger partial charge in [-0.1, -0.05) is 25.0 Å². The number of rotatable bonds is 4. The van der Waals surface area contributed by atoms with Crippen LogP contribution in [0.2, 0.25) is 0 Å². The summed E-state index contributed by atoms with van der Waals surface area (Å²) in [6.45, 7) is 8.01. The van der Waals surface area contributed by atoms with Crippen molar-refractivity contribution in [3.8, 4) is 0 Å². The highest BCUT2D eigenvalue weighted by Crippen LogP contribution is 2.23. The van der Waals surface area contributed by atoms with E-state index in [0.717, 1.165) is 51.9 Å². The molecule has 3 rings (SSSR count). The first-order valence-corrected chi connectivity index (χ1v) is 9.67. The number of amides is 3. The third-order valence-electron chi connectivity index (χ3n) is 5.60. The van der Waals surface area contributed by atoms with Gasteiger partial charge < -0.3 is 10.2 Å². The van der Waals surface area contributed by atoms with Gasteiger partial charge in [0.2, 0.25) is 5.91 Å². The molecule has 1 heterocycles. The molecular formula is C20H30N4O2. The predicted molar refractivity (Wildman–Crippen MR) is 103 cm³/mol. The summed E-state index contributed by atoms with van der Waals surface area (Å²) >= 11 is 0. The van der Waals surface area contributed by atoms with E-state index < -0.39 is 0 Å². The Bertz CT molecular complexity index is 647. The quantitative estimate of drug-likeness (QED) is 0.866. The monoisotopic (exact) mass is 358 g/mol. The summed E-state index contributed by atoms with van der Waals surface area (Å²) in [6.07, 6.45) is 4.34. The lowest BCUT2D eigenvalue weighted by Gasteiger charge is -2.36. The first-order chi connectivity index (χ1) is 12.5. The molecule has 2 N–H and O–H groups in total. The Morgan fingerprint density at radius 2 is 1.77 bits per heavy atom. The largest absolute Gasteiger partial charge is 0.369 e. The number of piperazine rings is 1. The van der Waals surface area contributed by atoms with Gasteiger partial charge >= 0.3 is 6.03 Å². The molecule has 1 saturated carbocycles. The molecule has 0 aromatic heterocycles. The molecule has 1 aromatic carbocycles. The molecule has 1 aliphatic heterocycles. The van der Waals surface area contributed by atoms with E-state index in [9.17, 15) is 9.59 Å². The number of nitrogens with one attached hydrogen (secondary N) is 2. The first-order valence-electron chi connectivity index (χ1n) is 9.67. The molecule has 1 aliphatic carbocycles. The number of aryl methyl sites for hydroxylation is 1. The van der Waals surface area contributed by atoms with E-state index in [1.165, 1.54) is 16.8 Å². The van der Waals surface area contributed by atoms with Crippen molar-refractivity contribution in [3.05, 3.63) is 29.3 Å². The molecule has 6 nitrogen and oxygen atoms in total. The fourth-order valence-electron chi connectivity index (χ4n) is 3.89. The fraction of sp³-hybridized carbons (Fsp3) is 0.600. The van der Waals surface area contributed by atoms with Crippen LogP contribution in [0, 0.1) is 13.8 Å².